The molecule has 2 aromatic carbocycles. The molecule has 3 rings (SSSR count). The van der Waals surface area contributed by atoms with Crippen LogP contribution in [0.15, 0.2) is 47.6 Å². The molecule has 0 fully saturated rings. The van der Waals surface area contributed by atoms with Crippen molar-refractivity contribution in [3.8, 4) is 11.4 Å². The second-order valence-corrected chi connectivity index (χ2v) is 6.84. The molecule has 6 nitrogen and oxygen atoms in total. The van der Waals surface area contributed by atoms with Gasteiger partial charge in [0.2, 0.25) is 11.1 Å². The summed E-state index contributed by atoms with van der Waals surface area (Å²) in [5.74, 6) is 6.05. The highest BCUT2D eigenvalue weighted by Gasteiger charge is 2.14. The number of nitrogens with one attached hydrogen (secondary N) is 1. The van der Waals surface area contributed by atoms with Gasteiger partial charge in [-0.05, 0) is 61.4 Å². The smallest absolute Gasteiger partial charge is 0.234 e. The number of benzene rings is 2. The highest BCUT2D eigenvalue weighted by Crippen LogP contribution is 2.22. The lowest BCUT2D eigenvalue weighted by molar-refractivity contribution is -0.113. The average Bonchev–Trinajstić information content (AvgIpc) is 2.93. The molecule has 3 aromatic rings. The number of hydrogen-bond donors (Lipinski definition) is 2. The maximum atomic E-state index is 13.0. The fraction of sp³-hybridized carbons (Fsp3) is 0.167. The van der Waals surface area contributed by atoms with E-state index in [2.05, 4.69) is 15.5 Å². The molecular weight excluding hydrogens is 353 g/mol. The SMILES string of the molecule is Cc1cc(C)cc(NC(=O)CSc2nnc(-c3ccc(F)cc3)n2N)c1. The Morgan fingerprint density at radius 3 is 2.46 bits per heavy atom. The summed E-state index contributed by atoms with van der Waals surface area (Å²) in [6, 6.07) is 11.7. The van der Waals surface area contributed by atoms with Crippen molar-refractivity contribution in [3.05, 3.63) is 59.4 Å². The minimum Gasteiger partial charge on any atom is -0.335 e. The molecule has 0 spiro atoms. The van der Waals surface area contributed by atoms with Crippen molar-refractivity contribution in [2.75, 3.05) is 16.9 Å². The van der Waals surface area contributed by atoms with E-state index in [0.717, 1.165) is 16.8 Å². The van der Waals surface area contributed by atoms with Gasteiger partial charge < -0.3 is 11.2 Å². The van der Waals surface area contributed by atoms with Gasteiger partial charge in [0.05, 0.1) is 5.75 Å². The van der Waals surface area contributed by atoms with Gasteiger partial charge in [0.1, 0.15) is 5.82 Å². The van der Waals surface area contributed by atoms with Gasteiger partial charge in [-0.1, -0.05) is 17.8 Å². The number of carbonyl (C=O) groups excluding carboxylic acids is 1. The molecule has 1 heterocycles. The number of nitrogen functional groups attached to an aromatic ring is 1. The molecule has 0 saturated heterocycles. The van der Waals surface area contributed by atoms with E-state index in [1.165, 1.54) is 28.6 Å². The van der Waals surface area contributed by atoms with Gasteiger partial charge in [-0.25, -0.2) is 9.07 Å². The molecule has 3 N–H and O–H groups in total. The van der Waals surface area contributed by atoms with E-state index in [9.17, 15) is 9.18 Å². The van der Waals surface area contributed by atoms with Gasteiger partial charge in [-0.2, -0.15) is 0 Å². The first-order chi connectivity index (χ1) is 12.4. The molecule has 8 heteroatoms. The fourth-order valence-corrected chi connectivity index (χ4v) is 3.20. The molecule has 0 radical (unpaired) electrons. The third kappa shape index (κ3) is 4.20. The van der Waals surface area contributed by atoms with Crippen molar-refractivity contribution in [1.29, 1.82) is 0 Å². The number of amides is 1. The summed E-state index contributed by atoms with van der Waals surface area (Å²) >= 11 is 1.18. The second kappa shape index (κ2) is 7.57. The Balaban J connectivity index is 1.64. The fourth-order valence-electron chi connectivity index (χ4n) is 2.55. The molecular formula is C18H18FN5OS. The predicted octanol–water partition coefficient (Wildman–Crippen LogP) is 3.15. The number of hydrogen-bond acceptors (Lipinski definition) is 5. The molecule has 26 heavy (non-hydrogen) atoms. The number of thioether (sulfide) groups is 1. The third-order valence-electron chi connectivity index (χ3n) is 3.60. The summed E-state index contributed by atoms with van der Waals surface area (Å²) in [6.45, 7) is 3.95. The van der Waals surface area contributed by atoms with Gasteiger partial charge in [0.15, 0.2) is 5.82 Å². The number of halogens is 1. The van der Waals surface area contributed by atoms with E-state index in [0.29, 0.717) is 16.5 Å². The summed E-state index contributed by atoms with van der Waals surface area (Å²) < 4.78 is 14.3. The Morgan fingerprint density at radius 1 is 1.15 bits per heavy atom. The van der Waals surface area contributed by atoms with E-state index in [1.54, 1.807) is 12.1 Å². The monoisotopic (exact) mass is 371 g/mol. The molecule has 0 atom stereocenters. The van der Waals surface area contributed by atoms with Crippen LogP contribution in [0.25, 0.3) is 11.4 Å². The zero-order chi connectivity index (χ0) is 18.7. The minimum atomic E-state index is -0.338. The molecule has 0 bridgehead atoms. The first-order valence-corrected chi connectivity index (χ1v) is 8.88. The molecule has 0 aliphatic heterocycles. The van der Waals surface area contributed by atoms with E-state index < -0.39 is 0 Å². The Labute approximate surface area is 154 Å². The lowest BCUT2D eigenvalue weighted by Gasteiger charge is -2.07. The topological polar surface area (TPSA) is 85.8 Å². The van der Waals surface area contributed by atoms with Gasteiger partial charge in [-0.3, -0.25) is 4.79 Å². The van der Waals surface area contributed by atoms with Gasteiger partial charge in [0, 0.05) is 11.3 Å². The van der Waals surface area contributed by atoms with E-state index >= 15 is 0 Å². The highest BCUT2D eigenvalue weighted by molar-refractivity contribution is 7.99. The van der Waals surface area contributed by atoms with Crippen LogP contribution in [0.1, 0.15) is 11.1 Å². The number of carbonyl (C=O) groups is 1. The summed E-state index contributed by atoms with van der Waals surface area (Å²) in [7, 11) is 0. The van der Waals surface area contributed by atoms with Gasteiger partial charge >= 0.3 is 0 Å². The average molecular weight is 371 g/mol. The molecule has 0 aliphatic rings. The Bertz CT molecular complexity index is 919. The second-order valence-electron chi connectivity index (χ2n) is 5.90. The molecule has 1 amide bonds. The van der Waals surface area contributed by atoms with Gasteiger partial charge in [-0.15, -0.1) is 10.2 Å². The van der Waals surface area contributed by atoms with Crippen LogP contribution in [0.3, 0.4) is 0 Å². The van der Waals surface area contributed by atoms with Crippen molar-refractivity contribution in [2.24, 2.45) is 0 Å². The van der Waals surface area contributed by atoms with Crippen molar-refractivity contribution < 1.29 is 9.18 Å². The largest absolute Gasteiger partial charge is 0.335 e. The highest BCUT2D eigenvalue weighted by atomic mass is 32.2. The van der Waals surface area contributed by atoms with Crippen LogP contribution in [0.4, 0.5) is 10.1 Å². The normalized spacial score (nSPS) is 10.7. The molecule has 1 aromatic heterocycles. The molecule has 134 valence electrons. The predicted molar refractivity (Wildman–Crippen MR) is 101 cm³/mol. The summed E-state index contributed by atoms with van der Waals surface area (Å²) in [5.41, 5.74) is 3.57. The number of nitrogens with two attached hydrogens (primary N) is 1. The summed E-state index contributed by atoms with van der Waals surface area (Å²) in [5, 5.41) is 11.3. The maximum Gasteiger partial charge on any atom is 0.234 e. The number of rotatable bonds is 5. The summed E-state index contributed by atoms with van der Waals surface area (Å²) in [4.78, 5) is 12.2. The Morgan fingerprint density at radius 2 is 1.81 bits per heavy atom. The first-order valence-electron chi connectivity index (χ1n) is 7.90. The first kappa shape index (κ1) is 17.9. The Hall–Kier alpha value is -2.87. The van der Waals surface area contributed by atoms with Crippen LogP contribution in [0.2, 0.25) is 0 Å². The quantitative estimate of drug-likeness (QED) is 0.532. The van der Waals surface area contributed by atoms with Crippen LogP contribution in [-0.2, 0) is 4.79 Å². The molecule has 0 unspecified atom stereocenters. The zero-order valence-electron chi connectivity index (χ0n) is 14.4. The molecule has 0 saturated carbocycles. The van der Waals surface area contributed by atoms with Crippen LogP contribution in [-0.4, -0.2) is 26.5 Å². The number of nitrogens with zero attached hydrogens (tertiary/aromatic N) is 3. The lowest BCUT2D eigenvalue weighted by atomic mass is 10.1. The minimum absolute atomic E-state index is 0.145. The summed E-state index contributed by atoms with van der Waals surface area (Å²) in [6.07, 6.45) is 0. The van der Waals surface area contributed by atoms with E-state index in [4.69, 9.17) is 5.84 Å². The van der Waals surface area contributed by atoms with Crippen molar-refractivity contribution in [2.45, 2.75) is 19.0 Å². The molecule has 0 aliphatic carbocycles. The lowest BCUT2D eigenvalue weighted by Crippen LogP contribution is -2.16. The van der Waals surface area contributed by atoms with Gasteiger partial charge in [0.25, 0.3) is 0 Å². The van der Waals surface area contributed by atoms with Crippen molar-refractivity contribution in [3.63, 3.8) is 0 Å². The standard InChI is InChI=1S/C18H18FN5OS/c1-11-7-12(2)9-15(8-11)21-16(25)10-26-18-23-22-17(24(18)20)13-3-5-14(19)6-4-13/h3-9H,10,20H2,1-2H3,(H,21,25). The van der Waals surface area contributed by atoms with Crippen LogP contribution in [0, 0.1) is 19.7 Å². The third-order valence-corrected chi connectivity index (χ3v) is 4.55. The van der Waals surface area contributed by atoms with Crippen molar-refractivity contribution in [1.82, 2.24) is 14.9 Å². The number of aromatic nitrogens is 3. The zero-order valence-corrected chi connectivity index (χ0v) is 15.2. The van der Waals surface area contributed by atoms with E-state index in [1.807, 2.05) is 32.0 Å². The van der Waals surface area contributed by atoms with Crippen molar-refractivity contribution >= 4 is 23.4 Å². The van der Waals surface area contributed by atoms with E-state index in [-0.39, 0.29) is 17.5 Å². The number of anilines is 1. The Kier molecular flexibility index (Phi) is 5.22. The van der Waals surface area contributed by atoms with Crippen LogP contribution >= 0.6 is 11.8 Å². The van der Waals surface area contributed by atoms with Crippen LogP contribution < -0.4 is 11.2 Å². The maximum absolute atomic E-state index is 13.0. The number of aryl methyl sites for hydroxylation is 2. The van der Waals surface area contributed by atoms with Crippen LogP contribution in [0.5, 0.6) is 0 Å².